The maximum Gasteiger partial charge on any atom is 0.124 e. The first-order chi connectivity index (χ1) is 6.56. The molecular weight excluding hydrogens is 249 g/mol. The van der Waals surface area contributed by atoms with Crippen LogP contribution in [0, 0.1) is 5.82 Å². The van der Waals surface area contributed by atoms with Crippen LogP contribution >= 0.6 is 15.9 Å². The second kappa shape index (κ2) is 4.75. The van der Waals surface area contributed by atoms with Gasteiger partial charge < -0.3 is 4.74 Å². The Morgan fingerprint density at radius 2 is 2.07 bits per heavy atom. The average Bonchev–Trinajstić information content (AvgIpc) is 2.16. The summed E-state index contributed by atoms with van der Waals surface area (Å²) in [4.78, 5) is 1.88. The molecular formula is C10H13BrFNO. The number of ether oxygens (including phenoxy) is 1. The van der Waals surface area contributed by atoms with Gasteiger partial charge in [0.2, 0.25) is 0 Å². The predicted octanol–water partition coefficient (Wildman–Crippen LogP) is 2.79. The average molecular weight is 262 g/mol. The molecule has 0 radical (unpaired) electrons. The molecule has 0 N–H and O–H groups in total. The van der Waals surface area contributed by atoms with E-state index in [1.807, 2.05) is 19.0 Å². The fraction of sp³-hybridized carbons (Fsp3) is 0.400. The molecule has 0 aliphatic carbocycles. The summed E-state index contributed by atoms with van der Waals surface area (Å²) >= 11 is 3.46. The van der Waals surface area contributed by atoms with Crippen molar-refractivity contribution in [1.82, 2.24) is 4.90 Å². The van der Waals surface area contributed by atoms with E-state index in [1.165, 1.54) is 12.1 Å². The van der Waals surface area contributed by atoms with Gasteiger partial charge in [-0.15, -0.1) is 0 Å². The zero-order valence-electron chi connectivity index (χ0n) is 8.42. The van der Waals surface area contributed by atoms with Gasteiger partial charge in [-0.25, -0.2) is 4.39 Å². The first-order valence-electron chi connectivity index (χ1n) is 4.20. The Morgan fingerprint density at radius 3 is 2.57 bits per heavy atom. The fourth-order valence-electron chi connectivity index (χ4n) is 1.17. The Labute approximate surface area is 91.8 Å². The summed E-state index contributed by atoms with van der Waals surface area (Å²) in [5.74, 6) is 0.425. The maximum atomic E-state index is 13.0. The van der Waals surface area contributed by atoms with Gasteiger partial charge in [-0.1, -0.05) is 15.9 Å². The first kappa shape index (κ1) is 11.5. The van der Waals surface area contributed by atoms with Crippen molar-refractivity contribution >= 4 is 15.9 Å². The Bertz CT molecular complexity index is 317. The Kier molecular flexibility index (Phi) is 3.89. The highest BCUT2D eigenvalue weighted by atomic mass is 79.9. The van der Waals surface area contributed by atoms with Gasteiger partial charge in [-0.3, -0.25) is 4.90 Å². The predicted molar refractivity (Wildman–Crippen MR) is 58.3 cm³/mol. The van der Waals surface area contributed by atoms with Gasteiger partial charge in [0, 0.05) is 5.56 Å². The number of nitrogens with zero attached hydrogens (tertiary/aromatic N) is 1. The molecule has 0 aliphatic heterocycles. The van der Waals surface area contributed by atoms with Crippen LogP contribution in [0.4, 0.5) is 4.39 Å². The topological polar surface area (TPSA) is 12.5 Å². The zero-order valence-corrected chi connectivity index (χ0v) is 10.0. The molecule has 0 aromatic heterocycles. The second-order valence-electron chi connectivity index (χ2n) is 3.19. The number of rotatable bonds is 3. The van der Waals surface area contributed by atoms with Crippen LogP contribution in [0.15, 0.2) is 18.2 Å². The summed E-state index contributed by atoms with van der Waals surface area (Å²) < 4.78 is 18.2. The van der Waals surface area contributed by atoms with Crippen LogP contribution in [0.25, 0.3) is 0 Å². The van der Waals surface area contributed by atoms with Crippen molar-refractivity contribution in [3.05, 3.63) is 29.6 Å². The molecule has 0 saturated heterocycles. The van der Waals surface area contributed by atoms with Gasteiger partial charge in [-0.2, -0.15) is 0 Å². The van der Waals surface area contributed by atoms with E-state index in [2.05, 4.69) is 15.9 Å². The quantitative estimate of drug-likeness (QED) is 0.613. The highest BCUT2D eigenvalue weighted by Crippen LogP contribution is 2.32. The Morgan fingerprint density at radius 1 is 1.43 bits per heavy atom. The van der Waals surface area contributed by atoms with Gasteiger partial charge in [0.1, 0.15) is 11.6 Å². The smallest absolute Gasteiger partial charge is 0.124 e. The third-order valence-corrected chi connectivity index (χ3v) is 3.21. The molecule has 78 valence electrons. The zero-order chi connectivity index (χ0) is 10.7. The minimum absolute atomic E-state index is 0.0480. The molecule has 1 unspecified atom stereocenters. The van der Waals surface area contributed by atoms with E-state index in [4.69, 9.17) is 4.74 Å². The van der Waals surface area contributed by atoms with Gasteiger partial charge in [0.25, 0.3) is 0 Å². The lowest BCUT2D eigenvalue weighted by Gasteiger charge is -2.20. The lowest BCUT2D eigenvalue weighted by atomic mass is 10.2. The molecule has 14 heavy (non-hydrogen) atoms. The molecule has 4 heteroatoms. The number of halogens is 2. The summed E-state index contributed by atoms with van der Waals surface area (Å²) in [6, 6.07) is 4.48. The molecule has 1 aromatic rings. The minimum Gasteiger partial charge on any atom is -0.496 e. The monoisotopic (exact) mass is 261 g/mol. The maximum absolute atomic E-state index is 13.0. The Hall–Kier alpha value is -0.610. The second-order valence-corrected chi connectivity index (χ2v) is 4.05. The molecule has 0 aliphatic rings. The van der Waals surface area contributed by atoms with E-state index in [0.717, 1.165) is 5.56 Å². The van der Waals surface area contributed by atoms with Crippen molar-refractivity contribution in [3.8, 4) is 5.75 Å². The number of alkyl halides is 1. The lowest BCUT2D eigenvalue weighted by molar-refractivity contribution is 0.367. The molecule has 1 atom stereocenters. The highest BCUT2D eigenvalue weighted by molar-refractivity contribution is 9.09. The van der Waals surface area contributed by atoms with Crippen LogP contribution in [-0.2, 0) is 0 Å². The van der Waals surface area contributed by atoms with Crippen LogP contribution in [0.3, 0.4) is 0 Å². The van der Waals surface area contributed by atoms with Gasteiger partial charge in [-0.05, 0) is 32.3 Å². The number of hydrogen-bond acceptors (Lipinski definition) is 2. The summed E-state index contributed by atoms with van der Waals surface area (Å²) in [7, 11) is 5.39. The first-order valence-corrected chi connectivity index (χ1v) is 5.11. The number of benzene rings is 1. The van der Waals surface area contributed by atoms with Crippen LogP contribution in [0.2, 0.25) is 0 Å². The molecule has 0 amide bonds. The van der Waals surface area contributed by atoms with E-state index in [-0.39, 0.29) is 10.8 Å². The summed E-state index contributed by atoms with van der Waals surface area (Å²) in [5, 5.41) is 0. The van der Waals surface area contributed by atoms with Crippen LogP contribution in [-0.4, -0.2) is 26.1 Å². The van der Waals surface area contributed by atoms with Crippen molar-refractivity contribution in [2.24, 2.45) is 0 Å². The van der Waals surface area contributed by atoms with Gasteiger partial charge >= 0.3 is 0 Å². The molecule has 0 saturated carbocycles. The van der Waals surface area contributed by atoms with Crippen molar-refractivity contribution in [2.75, 3.05) is 21.2 Å². The van der Waals surface area contributed by atoms with Crippen molar-refractivity contribution < 1.29 is 9.13 Å². The number of hydrogen-bond donors (Lipinski definition) is 0. The summed E-state index contributed by atoms with van der Waals surface area (Å²) in [6.07, 6.45) is 0. The van der Waals surface area contributed by atoms with E-state index in [1.54, 1.807) is 13.2 Å². The van der Waals surface area contributed by atoms with E-state index in [9.17, 15) is 4.39 Å². The van der Waals surface area contributed by atoms with E-state index >= 15 is 0 Å². The highest BCUT2D eigenvalue weighted by Gasteiger charge is 2.15. The molecule has 0 spiro atoms. The molecule has 1 rings (SSSR count). The molecule has 2 nitrogen and oxygen atoms in total. The fourth-order valence-corrected chi connectivity index (χ4v) is 1.53. The van der Waals surface area contributed by atoms with Crippen molar-refractivity contribution in [1.29, 1.82) is 0 Å². The van der Waals surface area contributed by atoms with Gasteiger partial charge in [0.15, 0.2) is 0 Å². The molecule has 0 heterocycles. The van der Waals surface area contributed by atoms with Crippen molar-refractivity contribution in [3.63, 3.8) is 0 Å². The Balaban J connectivity index is 3.10. The third-order valence-electron chi connectivity index (χ3n) is 1.90. The van der Waals surface area contributed by atoms with E-state index in [0.29, 0.717) is 5.75 Å². The number of methoxy groups -OCH3 is 1. The van der Waals surface area contributed by atoms with Crippen LogP contribution in [0.5, 0.6) is 5.75 Å². The lowest BCUT2D eigenvalue weighted by Crippen LogP contribution is -2.15. The standard InChI is InChI=1S/C10H13BrFNO/c1-13(2)10(11)8-6-7(12)4-5-9(8)14-3/h4-6,10H,1-3H3. The normalized spacial score (nSPS) is 13.0. The SMILES string of the molecule is COc1ccc(F)cc1C(Br)N(C)C. The molecule has 0 fully saturated rings. The van der Waals surface area contributed by atoms with Crippen LogP contribution in [0.1, 0.15) is 10.5 Å². The summed E-state index contributed by atoms with van der Waals surface area (Å²) in [6.45, 7) is 0. The van der Waals surface area contributed by atoms with Crippen LogP contribution < -0.4 is 4.74 Å². The largest absolute Gasteiger partial charge is 0.496 e. The van der Waals surface area contributed by atoms with Gasteiger partial charge in [0.05, 0.1) is 12.1 Å². The van der Waals surface area contributed by atoms with E-state index < -0.39 is 0 Å². The third kappa shape index (κ3) is 2.45. The minimum atomic E-state index is -0.257. The molecule has 1 aromatic carbocycles. The van der Waals surface area contributed by atoms with Crippen molar-refractivity contribution in [2.45, 2.75) is 4.95 Å². The summed E-state index contributed by atoms with van der Waals surface area (Å²) in [5.41, 5.74) is 0.789. The molecule has 0 bridgehead atoms.